The van der Waals surface area contributed by atoms with Gasteiger partial charge in [0.15, 0.2) is 5.82 Å². The highest BCUT2D eigenvalue weighted by Gasteiger charge is 2.06. The summed E-state index contributed by atoms with van der Waals surface area (Å²) >= 11 is 0. The Hall–Kier alpha value is -2.92. The van der Waals surface area contributed by atoms with Crippen LogP contribution in [0.4, 0.5) is 0 Å². The molecule has 3 rings (SSSR count). The molecule has 1 unspecified atom stereocenters. The second-order valence-corrected chi connectivity index (χ2v) is 8.25. The van der Waals surface area contributed by atoms with Crippen LogP contribution in [-0.2, 0) is 4.74 Å². The Morgan fingerprint density at radius 1 is 0.667 bits per heavy atom. The maximum Gasteiger partial charge on any atom is 0.159 e. The van der Waals surface area contributed by atoms with Crippen molar-refractivity contribution in [3.05, 3.63) is 60.9 Å². The molecule has 5 nitrogen and oxygen atoms in total. The van der Waals surface area contributed by atoms with Crippen molar-refractivity contribution in [3.8, 4) is 34.0 Å². The molecule has 1 aromatic heterocycles. The van der Waals surface area contributed by atoms with E-state index < -0.39 is 0 Å². The number of hydrogen-bond acceptors (Lipinski definition) is 5. The largest absolute Gasteiger partial charge is 0.494 e. The minimum absolute atomic E-state index is 0.0781. The molecule has 0 aliphatic heterocycles. The molecule has 0 bridgehead atoms. The van der Waals surface area contributed by atoms with Gasteiger partial charge in [-0.25, -0.2) is 9.97 Å². The van der Waals surface area contributed by atoms with Crippen LogP contribution in [0.5, 0.6) is 11.5 Å². The number of unbranched alkanes of at least 4 members (excludes halogenated alkanes) is 3. The van der Waals surface area contributed by atoms with Gasteiger partial charge in [-0.05, 0) is 61.7 Å². The molecule has 0 aliphatic rings. The highest BCUT2D eigenvalue weighted by atomic mass is 16.5. The Morgan fingerprint density at radius 2 is 1.27 bits per heavy atom. The summed E-state index contributed by atoms with van der Waals surface area (Å²) in [6.07, 6.45) is 9.51. The summed E-state index contributed by atoms with van der Waals surface area (Å²) in [6.45, 7) is 8.48. The minimum Gasteiger partial charge on any atom is -0.494 e. The lowest BCUT2D eigenvalue weighted by Crippen LogP contribution is -2.18. The zero-order valence-corrected chi connectivity index (χ0v) is 20.1. The summed E-state index contributed by atoms with van der Waals surface area (Å²) in [5.41, 5.74) is 3.00. The first-order valence-corrected chi connectivity index (χ1v) is 12.1. The molecular formula is C28H36N2O3. The van der Waals surface area contributed by atoms with Gasteiger partial charge in [0.25, 0.3) is 0 Å². The van der Waals surface area contributed by atoms with Crippen LogP contribution >= 0.6 is 0 Å². The number of aromatic nitrogens is 2. The van der Waals surface area contributed by atoms with Crippen LogP contribution in [0.25, 0.3) is 22.5 Å². The average Bonchev–Trinajstić information content (AvgIpc) is 2.86. The summed E-state index contributed by atoms with van der Waals surface area (Å²) in [5, 5.41) is 0. The number of ether oxygens (including phenoxy) is 3. The molecule has 176 valence electrons. The van der Waals surface area contributed by atoms with Gasteiger partial charge in [-0.15, -0.1) is 0 Å². The fourth-order valence-electron chi connectivity index (χ4n) is 3.30. The van der Waals surface area contributed by atoms with Crippen LogP contribution in [0.3, 0.4) is 0 Å². The first-order valence-electron chi connectivity index (χ1n) is 12.1. The van der Waals surface area contributed by atoms with Crippen LogP contribution in [-0.4, -0.2) is 35.9 Å². The standard InChI is InChI=1S/C28H36N2O3/c1-4-6-8-18-31-22(3)21-33-27-15-11-24(12-16-27)28-29-19-25(20-30-28)23-9-13-26(14-10-23)32-17-7-5-2/h9-16,19-20,22H,4-8,17-18,21H2,1-3H3. The van der Waals surface area contributed by atoms with Gasteiger partial charge in [-0.1, -0.05) is 45.2 Å². The van der Waals surface area contributed by atoms with Gasteiger partial charge in [0, 0.05) is 30.1 Å². The lowest BCUT2D eigenvalue weighted by molar-refractivity contribution is 0.0304. The summed E-state index contributed by atoms with van der Waals surface area (Å²) in [7, 11) is 0. The first-order chi connectivity index (χ1) is 16.2. The van der Waals surface area contributed by atoms with E-state index in [9.17, 15) is 0 Å². The van der Waals surface area contributed by atoms with Crippen molar-refractivity contribution in [3.63, 3.8) is 0 Å². The zero-order chi connectivity index (χ0) is 23.3. The molecule has 0 fully saturated rings. The van der Waals surface area contributed by atoms with E-state index in [-0.39, 0.29) is 6.10 Å². The zero-order valence-electron chi connectivity index (χ0n) is 20.1. The van der Waals surface area contributed by atoms with E-state index >= 15 is 0 Å². The monoisotopic (exact) mass is 448 g/mol. The third-order valence-electron chi connectivity index (χ3n) is 5.35. The van der Waals surface area contributed by atoms with Crippen molar-refractivity contribution in [1.82, 2.24) is 9.97 Å². The van der Waals surface area contributed by atoms with E-state index in [1.165, 1.54) is 12.8 Å². The molecule has 0 N–H and O–H groups in total. The summed E-state index contributed by atoms with van der Waals surface area (Å²) in [4.78, 5) is 9.12. The van der Waals surface area contributed by atoms with E-state index in [0.717, 1.165) is 60.7 Å². The lowest BCUT2D eigenvalue weighted by Gasteiger charge is -2.14. The fraction of sp³-hybridized carbons (Fsp3) is 0.429. The van der Waals surface area contributed by atoms with Gasteiger partial charge in [-0.2, -0.15) is 0 Å². The normalized spacial score (nSPS) is 11.8. The highest BCUT2D eigenvalue weighted by molar-refractivity contribution is 5.64. The quantitative estimate of drug-likeness (QED) is 0.249. The minimum atomic E-state index is 0.0781. The van der Waals surface area contributed by atoms with Crippen molar-refractivity contribution >= 4 is 0 Å². The van der Waals surface area contributed by atoms with Crippen molar-refractivity contribution in [2.24, 2.45) is 0 Å². The molecule has 5 heteroatoms. The molecule has 0 amide bonds. The molecule has 1 heterocycles. The van der Waals surface area contributed by atoms with Crippen LogP contribution in [0, 0.1) is 0 Å². The predicted molar refractivity (Wildman–Crippen MR) is 134 cm³/mol. The third kappa shape index (κ3) is 8.17. The van der Waals surface area contributed by atoms with Gasteiger partial charge in [-0.3, -0.25) is 0 Å². The molecule has 2 aromatic carbocycles. The first kappa shape index (κ1) is 24.7. The summed E-state index contributed by atoms with van der Waals surface area (Å²) in [6, 6.07) is 15.9. The Balaban J connectivity index is 1.51. The maximum atomic E-state index is 5.86. The molecule has 0 saturated heterocycles. The number of hydrogen-bond donors (Lipinski definition) is 0. The predicted octanol–water partition coefficient (Wildman–Crippen LogP) is 6.96. The van der Waals surface area contributed by atoms with Gasteiger partial charge >= 0.3 is 0 Å². The van der Waals surface area contributed by atoms with Crippen molar-refractivity contribution < 1.29 is 14.2 Å². The van der Waals surface area contributed by atoms with Gasteiger partial charge < -0.3 is 14.2 Å². The Morgan fingerprint density at radius 3 is 1.91 bits per heavy atom. The number of rotatable bonds is 14. The molecular weight excluding hydrogens is 412 g/mol. The smallest absolute Gasteiger partial charge is 0.159 e. The molecule has 0 spiro atoms. The molecule has 0 radical (unpaired) electrons. The fourth-order valence-corrected chi connectivity index (χ4v) is 3.30. The highest BCUT2D eigenvalue weighted by Crippen LogP contribution is 2.24. The Kier molecular flexibility index (Phi) is 10.2. The molecule has 0 saturated carbocycles. The molecule has 3 aromatic rings. The average molecular weight is 449 g/mol. The summed E-state index contributed by atoms with van der Waals surface area (Å²) in [5.74, 6) is 2.41. The van der Waals surface area contributed by atoms with E-state index in [1.54, 1.807) is 0 Å². The van der Waals surface area contributed by atoms with Crippen LogP contribution in [0.15, 0.2) is 60.9 Å². The van der Waals surface area contributed by atoms with Crippen LogP contribution in [0.2, 0.25) is 0 Å². The van der Waals surface area contributed by atoms with Gasteiger partial charge in [0.2, 0.25) is 0 Å². The van der Waals surface area contributed by atoms with Crippen LogP contribution < -0.4 is 9.47 Å². The van der Waals surface area contributed by atoms with Gasteiger partial charge in [0.1, 0.15) is 18.1 Å². The SMILES string of the molecule is CCCCCOC(C)COc1ccc(-c2ncc(-c3ccc(OCCCC)cc3)cn2)cc1. The van der Waals surface area contributed by atoms with E-state index in [4.69, 9.17) is 14.2 Å². The topological polar surface area (TPSA) is 53.5 Å². The Labute approximate surface area is 198 Å². The Bertz CT molecular complexity index is 925. The van der Waals surface area contributed by atoms with Crippen molar-refractivity contribution in [1.29, 1.82) is 0 Å². The van der Waals surface area contributed by atoms with E-state index in [1.807, 2.05) is 67.8 Å². The van der Waals surface area contributed by atoms with E-state index in [2.05, 4.69) is 23.8 Å². The molecule has 33 heavy (non-hydrogen) atoms. The summed E-state index contributed by atoms with van der Waals surface area (Å²) < 4.78 is 17.4. The van der Waals surface area contributed by atoms with Gasteiger partial charge in [0.05, 0.1) is 12.7 Å². The number of benzene rings is 2. The van der Waals surface area contributed by atoms with Crippen molar-refractivity contribution in [2.75, 3.05) is 19.8 Å². The second kappa shape index (κ2) is 13.6. The van der Waals surface area contributed by atoms with Crippen LogP contribution in [0.1, 0.15) is 52.9 Å². The maximum absolute atomic E-state index is 5.86. The molecule has 0 aliphatic carbocycles. The van der Waals surface area contributed by atoms with Crippen molar-refractivity contribution in [2.45, 2.75) is 59.0 Å². The molecule has 1 atom stereocenters. The van der Waals surface area contributed by atoms with E-state index in [0.29, 0.717) is 12.4 Å². The third-order valence-corrected chi connectivity index (χ3v) is 5.35. The lowest BCUT2D eigenvalue weighted by atomic mass is 10.1. The second-order valence-electron chi connectivity index (χ2n) is 8.25. The number of nitrogens with zero attached hydrogens (tertiary/aromatic N) is 2.